The third-order valence-electron chi connectivity index (χ3n) is 5.17. The lowest BCUT2D eigenvalue weighted by molar-refractivity contribution is 0.0532. The lowest BCUT2D eigenvalue weighted by atomic mass is 10.1. The van der Waals surface area contributed by atoms with Crippen LogP contribution in [-0.4, -0.2) is 52.0 Å². The van der Waals surface area contributed by atoms with Gasteiger partial charge in [-0.2, -0.15) is 5.10 Å². The number of halogens is 1. The van der Waals surface area contributed by atoms with Gasteiger partial charge in [-0.15, -0.1) is 0 Å². The molecule has 30 heavy (non-hydrogen) atoms. The zero-order valence-corrected chi connectivity index (χ0v) is 16.8. The first-order valence-corrected chi connectivity index (χ1v) is 10.1. The Morgan fingerprint density at radius 2 is 2.13 bits per heavy atom. The minimum absolute atomic E-state index is 0.108. The molecule has 1 N–H and O–H groups in total. The Morgan fingerprint density at radius 1 is 1.23 bits per heavy atom. The third kappa shape index (κ3) is 3.66. The molecule has 154 valence electrons. The van der Waals surface area contributed by atoms with Crippen molar-refractivity contribution in [2.75, 3.05) is 19.9 Å². The molecule has 4 heterocycles. The van der Waals surface area contributed by atoms with Crippen molar-refractivity contribution in [3.05, 3.63) is 53.4 Å². The summed E-state index contributed by atoms with van der Waals surface area (Å²) in [5.74, 6) is 1.86. The maximum Gasteiger partial charge on any atom is 0.272 e. The summed E-state index contributed by atoms with van der Waals surface area (Å²) in [6.45, 7) is 1.36. The minimum Gasteiger partial charge on any atom is -0.487 e. The van der Waals surface area contributed by atoms with Crippen molar-refractivity contribution in [2.45, 2.75) is 18.9 Å². The van der Waals surface area contributed by atoms with Crippen molar-refractivity contribution in [2.24, 2.45) is 0 Å². The number of piperidine rings is 1. The summed E-state index contributed by atoms with van der Waals surface area (Å²) in [5, 5.41) is 7.62. The van der Waals surface area contributed by atoms with Crippen LogP contribution >= 0.6 is 11.6 Å². The van der Waals surface area contributed by atoms with Crippen LogP contribution in [0.15, 0.2) is 42.7 Å². The quantitative estimate of drug-likeness (QED) is 0.686. The smallest absolute Gasteiger partial charge is 0.272 e. The molecular weight excluding hydrogens is 408 g/mol. The lowest BCUT2D eigenvalue weighted by Gasteiger charge is -2.32. The van der Waals surface area contributed by atoms with Crippen molar-refractivity contribution in [1.82, 2.24) is 20.1 Å². The SMILES string of the molecule is O=C(c1cc(-c2ccc3c(c2)OCO3)n[nH]1)N1CCCC(Oc2ccncc2Cl)C1. The Bertz CT molecular complexity index is 1090. The number of amides is 1. The Balaban J connectivity index is 1.28. The van der Waals surface area contributed by atoms with E-state index in [4.69, 9.17) is 25.8 Å². The second kappa shape index (κ2) is 7.87. The number of pyridine rings is 1. The summed E-state index contributed by atoms with van der Waals surface area (Å²) < 4.78 is 16.8. The van der Waals surface area contributed by atoms with Gasteiger partial charge in [0, 0.05) is 30.6 Å². The molecule has 9 heteroatoms. The molecule has 8 nitrogen and oxygen atoms in total. The topological polar surface area (TPSA) is 89.6 Å². The second-order valence-corrected chi connectivity index (χ2v) is 7.58. The van der Waals surface area contributed by atoms with Gasteiger partial charge in [-0.1, -0.05) is 11.6 Å². The first-order valence-electron chi connectivity index (χ1n) is 9.68. The number of fused-ring (bicyclic) bond motifs is 1. The van der Waals surface area contributed by atoms with Crippen LogP contribution in [0, 0.1) is 0 Å². The van der Waals surface area contributed by atoms with Gasteiger partial charge in [0.1, 0.15) is 22.6 Å². The molecule has 1 unspecified atom stereocenters. The highest BCUT2D eigenvalue weighted by Gasteiger charge is 2.27. The van der Waals surface area contributed by atoms with Crippen LogP contribution in [-0.2, 0) is 0 Å². The van der Waals surface area contributed by atoms with Crippen molar-refractivity contribution in [3.8, 4) is 28.5 Å². The van der Waals surface area contributed by atoms with Gasteiger partial charge < -0.3 is 19.1 Å². The number of nitrogens with one attached hydrogen (secondary N) is 1. The predicted octanol–water partition coefficient (Wildman–Crippen LogP) is 3.54. The van der Waals surface area contributed by atoms with E-state index in [0.29, 0.717) is 46.7 Å². The van der Waals surface area contributed by atoms with E-state index in [0.717, 1.165) is 18.4 Å². The molecular formula is C21H19ClN4O4. The number of benzene rings is 1. The molecule has 1 atom stereocenters. The van der Waals surface area contributed by atoms with E-state index in [2.05, 4.69) is 15.2 Å². The molecule has 1 fully saturated rings. The van der Waals surface area contributed by atoms with Gasteiger partial charge >= 0.3 is 0 Å². The first kappa shape index (κ1) is 18.7. The van der Waals surface area contributed by atoms with Gasteiger partial charge in [0.25, 0.3) is 5.91 Å². The first-order chi connectivity index (χ1) is 14.7. The largest absolute Gasteiger partial charge is 0.487 e. The molecule has 2 aliphatic heterocycles. The van der Waals surface area contributed by atoms with Crippen LogP contribution in [0.5, 0.6) is 17.2 Å². The number of hydrogen-bond donors (Lipinski definition) is 1. The number of nitrogens with zero attached hydrogens (tertiary/aromatic N) is 3. The summed E-state index contributed by atoms with van der Waals surface area (Å²) in [6, 6.07) is 9.07. The number of rotatable bonds is 4. The number of aromatic amines is 1. The summed E-state index contributed by atoms with van der Waals surface area (Å²) in [6.07, 6.45) is 4.76. The van der Waals surface area contributed by atoms with Crippen LogP contribution in [0.4, 0.5) is 0 Å². The fraction of sp³-hybridized carbons (Fsp3) is 0.286. The summed E-state index contributed by atoms with van der Waals surface area (Å²) in [4.78, 5) is 18.8. The van der Waals surface area contributed by atoms with Crippen LogP contribution in [0.1, 0.15) is 23.3 Å². The number of likely N-dealkylation sites (tertiary alicyclic amines) is 1. The van der Waals surface area contributed by atoms with Gasteiger partial charge in [-0.25, -0.2) is 0 Å². The Hall–Kier alpha value is -3.26. The van der Waals surface area contributed by atoms with E-state index in [1.54, 1.807) is 29.4 Å². The van der Waals surface area contributed by atoms with Crippen LogP contribution in [0.3, 0.4) is 0 Å². The van der Waals surface area contributed by atoms with E-state index in [-0.39, 0.29) is 18.8 Å². The molecule has 0 radical (unpaired) electrons. The normalized spacial score (nSPS) is 17.8. The Kier molecular flexibility index (Phi) is 4.92. The highest BCUT2D eigenvalue weighted by molar-refractivity contribution is 6.31. The zero-order chi connectivity index (χ0) is 20.5. The number of H-pyrrole nitrogens is 1. The zero-order valence-electron chi connectivity index (χ0n) is 16.0. The van der Waals surface area contributed by atoms with Crippen molar-refractivity contribution in [3.63, 3.8) is 0 Å². The van der Waals surface area contributed by atoms with Crippen molar-refractivity contribution >= 4 is 17.5 Å². The number of ether oxygens (including phenoxy) is 3. The summed E-state index contributed by atoms with van der Waals surface area (Å²) >= 11 is 6.14. The lowest BCUT2D eigenvalue weighted by Crippen LogP contribution is -2.44. The molecule has 0 spiro atoms. The molecule has 2 aromatic heterocycles. The van der Waals surface area contributed by atoms with Gasteiger partial charge in [0.05, 0.1) is 12.2 Å². The van der Waals surface area contributed by atoms with Crippen LogP contribution in [0.2, 0.25) is 5.02 Å². The maximum atomic E-state index is 13.0. The molecule has 5 rings (SSSR count). The number of carbonyl (C=O) groups is 1. The van der Waals surface area contributed by atoms with E-state index >= 15 is 0 Å². The van der Waals surface area contributed by atoms with Gasteiger partial charge in [-0.05, 0) is 37.1 Å². The molecule has 1 aromatic carbocycles. The molecule has 1 saturated heterocycles. The molecule has 0 saturated carbocycles. The number of aromatic nitrogens is 3. The van der Waals surface area contributed by atoms with Crippen molar-refractivity contribution in [1.29, 1.82) is 0 Å². The van der Waals surface area contributed by atoms with Crippen molar-refractivity contribution < 1.29 is 19.0 Å². The Morgan fingerprint density at radius 3 is 3.03 bits per heavy atom. The monoisotopic (exact) mass is 426 g/mol. The molecule has 3 aromatic rings. The fourth-order valence-corrected chi connectivity index (χ4v) is 3.83. The van der Waals surface area contributed by atoms with Gasteiger partial charge in [0.2, 0.25) is 6.79 Å². The van der Waals surface area contributed by atoms with E-state index in [9.17, 15) is 4.79 Å². The summed E-state index contributed by atoms with van der Waals surface area (Å²) in [5.41, 5.74) is 1.96. The maximum absolute atomic E-state index is 13.0. The molecule has 0 bridgehead atoms. The number of carbonyl (C=O) groups excluding carboxylic acids is 1. The highest BCUT2D eigenvalue weighted by atomic mass is 35.5. The third-order valence-corrected chi connectivity index (χ3v) is 5.45. The molecule has 0 aliphatic carbocycles. The standard InChI is InChI=1S/C21H19ClN4O4/c22-15-10-23-6-5-18(15)30-14-2-1-7-26(11-14)21(27)17-9-16(24-25-17)13-3-4-19-20(8-13)29-12-28-19/h3-6,8-10,14H,1-2,7,11-12H2,(H,24,25). The number of hydrogen-bond acceptors (Lipinski definition) is 6. The van der Waals surface area contributed by atoms with Gasteiger partial charge in [-0.3, -0.25) is 14.9 Å². The van der Waals surface area contributed by atoms with Gasteiger partial charge in [0.15, 0.2) is 11.5 Å². The van der Waals surface area contributed by atoms with Crippen LogP contribution < -0.4 is 14.2 Å². The van der Waals surface area contributed by atoms with Crippen LogP contribution in [0.25, 0.3) is 11.3 Å². The van der Waals surface area contributed by atoms with E-state index < -0.39 is 0 Å². The average Bonchev–Trinajstić information content (AvgIpc) is 3.44. The second-order valence-electron chi connectivity index (χ2n) is 7.17. The molecule has 2 aliphatic rings. The Labute approximate surface area is 177 Å². The van der Waals surface area contributed by atoms with E-state index in [1.807, 2.05) is 18.2 Å². The highest BCUT2D eigenvalue weighted by Crippen LogP contribution is 2.35. The molecule has 1 amide bonds. The summed E-state index contributed by atoms with van der Waals surface area (Å²) in [7, 11) is 0. The fourth-order valence-electron chi connectivity index (χ4n) is 3.66. The minimum atomic E-state index is -0.126. The average molecular weight is 427 g/mol. The van der Waals surface area contributed by atoms with E-state index in [1.165, 1.54) is 0 Å². The predicted molar refractivity (Wildman–Crippen MR) is 109 cm³/mol.